The number of rotatable bonds is 4. The first-order valence-corrected chi connectivity index (χ1v) is 7.25. The highest BCUT2D eigenvalue weighted by molar-refractivity contribution is 4.99. The number of methoxy groups -OCH3 is 1. The lowest BCUT2D eigenvalue weighted by Gasteiger charge is -2.26. The third kappa shape index (κ3) is 3.10. The van der Waals surface area contributed by atoms with E-state index in [1.807, 2.05) is 27.7 Å². The molecule has 0 N–H and O–H groups in total. The van der Waals surface area contributed by atoms with E-state index in [4.69, 9.17) is 33.2 Å². The summed E-state index contributed by atoms with van der Waals surface area (Å²) in [7, 11) is 1.57. The standard InChI is InChI=1S/C14H24O7/c1-13(2)17-6-8(19-13)9-10-11(21-14(3,4)20-10)12(18-9)16-7-15-5/h8-12H,6-7H2,1-5H3/t8-,9-,10+,11+,12?/m1/s1. The fraction of sp³-hybridized carbons (Fsp3) is 1.00. The summed E-state index contributed by atoms with van der Waals surface area (Å²) in [5.41, 5.74) is 0. The highest BCUT2D eigenvalue weighted by Crippen LogP contribution is 2.42. The predicted molar refractivity (Wildman–Crippen MR) is 70.4 cm³/mol. The van der Waals surface area contributed by atoms with Gasteiger partial charge in [-0.25, -0.2) is 0 Å². The largest absolute Gasteiger partial charge is 0.359 e. The molecule has 0 radical (unpaired) electrons. The monoisotopic (exact) mass is 304 g/mol. The van der Waals surface area contributed by atoms with Crippen LogP contribution in [0.15, 0.2) is 0 Å². The molecule has 7 nitrogen and oxygen atoms in total. The van der Waals surface area contributed by atoms with Crippen molar-refractivity contribution in [1.82, 2.24) is 0 Å². The van der Waals surface area contributed by atoms with Crippen molar-refractivity contribution in [1.29, 1.82) is 0 Å². The molecule has 0 bridgehead atoms. The van der Waals surface area contributed by atoms with Gasteiger partial charge >= 0.3 is 0 Å². The molecule has 0 saturated carbocycles. The molecule has 122 valence electrons. The number of fused-ring (bicyclic) bond motifs is 1. The van der Waals surface area contributed by atoms with Crippen molar-refractivity contribution in [2.45, 2.75) is 70.0 Å². The maximum atomic E-state index is 5.97. The fourth-order valence-electron chi connectivity index (χ4n) is 3.04. The lowest BCUT2D eigenvalue weighted by Crippen LogP contribution is -2.40. The summed E-state index contributed by atoms with van der Waals surface area (Å²) >= 11 is 0. The topological polar surface area (TPSA) is 64.6 Å². The Kier molecular flexibility index (Phi) is 4.03. The van der Waals surface area contributed by atoms with E-state index in [0.29, 0.717) is 6.61 Å². The molecular weight excluding hydrogens is 280 g/mol. The highest BCUT2D eigenvalue weighted by Gasteiger charge is 2.59. The van der Waals surface area contributed by atoms with Crippen LogP contribution in [0.5, 0.6) is 0 Å². The van der Waals surface area contributed by atoms with Gasteiger partial charge < -0.3 is 33.2 Å². The van der Waals surface area contributed by atoms with Gasteiger partial charge in [0.05, 0.1) is 6.61 Å². The van der Waals surface area contributed by atoms with Crippen LogP contribution in [0.1, 0.15) is 27.7 Å². The molecule has 1 unspecified atom stereocenters. The molecule has 21 heavy (non-hydrogen) atoms. The second-order valence-electron chi connectivity index (χ2n) is 6.47. The lowest BCUT2D eigenvalue weighted by atomic mass is 10.1. The first-order valence-electron chi connectivity index (χ1n) is 7.25. The SMILES string of the molecule is COCOC1O[C@H]([C@H]2COC(C)(C)O2)[C@@H]2OC(C)(C)O[C@H]12. The lowest BCUT2D eigenvalue weighted by molar-refractivity contribution is -0.261. The van der Waals surface area contributed by atoms with Crippen molar-refractivity contribution in [2.24, 2.45) is 0 Å². The van der Waals surface area contributed by atoms with Gasteiger partial charge in [-0.15, -0.1) is 0 Å². The minimum atomic E-state index is -0.666. The van der Waals surface area contributed by atoms with Crippen LogP contribution < -0.4 is 0 Å². The fourth-order valence-corrected chi connectivity index (χ4v) is 3.04. The predicted octanol–water partition coefficient (Wildman–Crippen LogP) is 1.00. The van der Waals surface area contributed by atoms with Crippen molar-refractivity contribution < 1.29 is 33.2 Å². The molecule has 0 aromatic rings. The summed E-state index contributed by atoms with van der Waals surface area (Å²) in [5, 5.41) is 0. The Labute approximate surface area is 124 Å². The van der Waals surface area contributed by atoms with Gasteiger partial charge in [0.25, 0.3) is 0 Å². The van der Waals surface area contributed by atoms with Gasteiger partial charge in [-0.05, 0) is 27.7 Å². The molecule has 3 aliphatic heterocycles. The molecule has 0 spiro atoms. The number of hydrogen-bond donors (Lipinski definition) is 0. The summed E-state index contributed by atoms with van der Waals surface area (Å²) in [6.07, 6.45) is -1.58. The van der Waals surface area contributed by atoms with E-state index < -0.39 is 17.9 Å². The van der Waals surface area contributed by atoms with Gasteiger partial charge in [-0.1, -0.05) is 0 Å². The van der Waals surface area contributed by atoms with Crippen LogP contribution in [0.25, 0.3) is 0 Å². The van der Waals surface area contributed by atoms with Gasteiger partial charge in [0.1, 0.15) is 31.2 Å². The van der Waals surface area contributed by atoms with E-state index in [1.165, 1.54) is 0 Å². The summed E-state index contributed by atoms with van der Waals surface area (Å²) in [4.78, 5) is 0. The van der Waals surface area contributed by atoms with Crippen LogP contribution in [-0.2, 0) is 33.2 Å². The van der Waals surface area contributed by atoms with Gasteiger partial charge in [0, 0.05) is 7.11 Å². The van der Waals surface area contributed by atoms with Crippen LogP contribution in [0, 0.1) is 0 Å². The Hall–Kier alpha value is -0.280. The van der Waals surface area contributed by atoms with Crippen molar-refractivity contribution in [3.8, 4) is 0 Å². The molecule has 7 heteroatoms. The van der Waals surface area contributed by atoms with Gasteiger partial charge in [0.15, 0.2) is 17.9 Å². The van der Waals surface area contributed by atoms with E-state index >= 15 is 0 Å². The zero-order valence-corrected chi connectivity index (χ0v) is 13.2. The first-order chi connectivity index (χ1) is 9.81. The molecule has 3 saturated heterocycles. The maximum absolute atomic E-state index is 5.97. The Bertz CT molecular complexity index is 384. The Morgan fingerprint density at radius 2 is 1.67 bits per heavy atom. The second kappa shape index (κ2) is 5.42. The third-order valence-corrected chi connectivity index (χ3v) is 3.79. The summed E-state index contributed by atoms with van der Waals surface area (Å²) < 4.78 is 39.8. The van der Waals surface area contributed by atoms with Crippen LogP contribution in [0.4, 0.5) is 0 Å². The summed E-state index contributed by atoms with van der Waals surface area (Å²) in [6.45, 7) is 8.12. The molecule has 5 atom stereocenters. The van der Waals surface area contributed by atoms with Crippen molar-refractivity contribution in [3.05, 3.63) is 0 Å². The molecule has 3 rings (SSSR count). The van der Waals surface area contributed by atoms with Crippen LogP contribution >= 0.6 is 0 Å². The van der Waals surface area contributed by atoms with Crippen LogP contribution in [0.3, 0.4) is 0 Å². The van der Waals surface area contributed by atoms with Gasteiger partial charge in [-0.3, -0.25) is 0 Å². The Morgan fingerprint density at radius 3 is 2.29 bits per heavy atom. The van der Waals surface area contributed by atoms with E-state index in [-0.39, 0.29) is 31.2 Å². The van der Waals surface area contributed by atoms with E-state index in [0.717, 1.165) is 0 Å². The molecular formula is C14H24O7. The molecule has 0 aromatic heterocycles. The van der Waals surface area contributed by atoms with Gasteiger partial charge in [-0.2, -0.15) is 0 Å². The molecule has 0 aliphatic carbocycles. The van der Waals surface area contributed by atoms with Crippen molar-refractivity contribution >= 4 is 0 Å². The average molecular weight is 304 g/mol. The summed E-state index contributed by atoms with van der Waals surface area (Å²) in [6, 6.07) is 0. The van der Waals surface area contributed by atoms with Crippen LogP contribution in [-0.4, -0.2) is 62.8 Å². The van der Waals surface area contributed by atoms with Crippen LogP contribution in [0.2, 0.25) is 0 Å². The Morgan fingerprint density at radius 1 is 0.952 bits per heavy atom. The van der Waals surface area contributed by atoms with Crippen molar-refractivity contribution in [3.63, 3.8) is 0 Å². The normalized spacial score (nSPS) is 44.1. The van der Waals surface area contributed by atoms with E-state index in [9.17, 15) is 0 Å². The zero-order valence-electron chi connectivity index (χ0n) is 13.2. The quantitative estimate of drug-likeness (QED) is 0.718. The molecule has 3 aliphatic rings. The first kappa shape index (κ1) is 15.6. The molecule has 0 aromatic carbocycles. The molecule has 0 amide bonds. The molecule has 3 heterocycles. The highest BCUT2D eigenvalue weighted by atomic mass is 16.8. The maximum Gasteiger partial charge on any atom is 0.189 e. The smallest absolute Gasteiger partial charge is 0.189 e. The number of hydrogen-bond acceptors (Lipinski definition) is 7. The summed E-state index contributed by atoms with van der Waals surface area (Å²) in [5.74, 6) is -1.27. The second-order valence-corrected chi connectivity index (χ2v) is 6.47. The third-order valence-electron chi connectivity index (χ3n) is 3.79. The number of ether oxygens (including phenoxy) is 7. The average Bonchev–Trinajstić information content (AvgIpc) is 2.98. The minimum Gasteiger partial charge on any atom is -0.359 e. The van der Waals surface area contributed by atoms with E-state index in [2.05, 4.69) is 0 Å². The zero-order chi connectivity index (χ0) is 15.3. The minimum absolute atomic E-state index is 0.137. The molecule has 3 fully saturated rings. The Balaban J connectivity index is 1.72. The van der Waals surface area contributed by atoms with E-state index in [1.54, 1.807) is 7.11 Å². The van der Waals surface area contributed by atoms with Gasteiger partial charge in [0.2, 0.25) is 0 Å². The van der Waals surface area contributed by atoms with Crippen molar-refractivity contribution in [2.75, 3.05) is 20.5 Å².